The van der Waals surface area contributed by atoms with Crippen LogP contribution in [0.25, 0.3) is 0 Å². The van der Waals surface area contributed by atoms with Gasteiger partial charge in [0.2, 0.25) is 0 Å². The number of hydrogen-bond acceptors (Lipinski definition) is 1. The SMILES string of the molecule is Fc1ccc(CSc2ccc(CCl)cc2)c(F)c1. The normalized spacial score (nSPS) is 10.6. The van der Waals surface area contributed by atoms with Gasteiger partial charge in [-0.25, -0.2) is 8.78 Å². The molecule has 0 spiro atoms. The molecule has 0 heterocycles. The third-order valence-electron chi connectivity index (χ3n) is 2.49. The third-order valence-corrected chi connectivity index (χ3v) is 3.86. The van der Waals surface area contributed by atoms with E-state index in [1.165, 1.54) is 23.9 Å². The fraction of sp³-hybridized carbons (Fsp3) is 0.143. The zero-order chi connectivity index (χ0) is 13.0. The second-order valence-electron chi connectivity index (χ2n) is 3.80. The molecule has 18 heavy (non-hydrogen) atoms. The number of rotatable bonds is 4. The van der Waals surface area contributed by atoms with E-state index in [0.717, 1.165) is 16.5 Å². The van der Waals surface area contributed by atoms with Gasteiger partial charge >= 0.3 is 0 Å². The molecule has 0 atom stereocenters. The molecule has 0 nitrogen and oxygen atoms in total. The van der Waals surface area contributed by atoms with Crippen LogP contribution in [-0.2, 0) is 11.6 Å². The molecule has 94 valence electrons. The van der Waals surface area contributed by atoms with Crippen LogP contribution in [0.5, 0.6) is 0 Å². The van der Waals surface area contributed by atoms with E-state index < -0.39 is 11.6 Å². The average molecular weight is 285 g/mol. The summed E-state index contributed by atoms with van der Waals surface area (Å²) in [6.07, 6.45) is 0. The molecule has 0 saturated heterocycles. The fourth-order valence-corrected chi connectivity index (χ4v) is 2.54. The van der Waals surface area contributed by atoms with Gasteiger partial charge < -0.3 is 0 Å². The van der Waals surface area contributed by atoms with Crippen molar-refractivity contribution in [3.8, 4) is 0 Å². The second kappa shape index (κ2) is 6.21. The molecule has 0 aliphatic rings. The van der Waals surface area contributed by atoms with Gasteiger partial charge in [0.1, 0.15) is 11.6 Å². The molecule has 0 fully saturated rings. The minimum Gasteiger partial charge on any atom is -0.207 e. The molecular weight excluding hydrogens is 274 g/mol. The predicted molar refractivity (Wildman–Crippen MR) is 71.9 cm³/mol. The zero-order valence-electron chi connectivity index (χ0n) is 9.50. The van der Waals surface area contributed by atoms with E-state index in [9.17, 15) is 8.78 Å². The number of thioether (sulfide) groups is 1. The van der Waals surface area contributed by atoms with Gasteiger partial charge in [0.05, 0.1) is 0 Å². The molecule has 0 unspecified atom stereocenters. The van der Waals surface area contributed by atoms with Crippen LogP contribution in [0.4, 0.5) is 8.78 Å². The molecule has 2 rings (SSSR count). The highest BCUT2D eigenvalue weighted by atomic mass is 35.5. The summed E-state index contributed by atoms with van der Waals surface area (Å²) in [7, 11) is 0. The van der Waals surface area contributed by atoms with Crippen molar-refractivity contribution < 1.29 is 8.78 Å². The smallest absolute Gasteiger partial charge is 0.130 e. The first-order valence-corrected chi connectivity index (χ1v) is 6.92. The van der Waals surface area contributed by atoms with E-state index in [4.69, 9.17) is 11.6 Å². The Labute approximate surface area is 114 Å². The van der Waals surface area contributed by atoms with Gasteiger partial charge in [-0.3, -0.25) is 0 Å². The Morgan fingerprint density at radius 2 is 1.72 bits per heavy atom. The number of hydrogen-bond donors (Lipinski definition) is 0. The van der Waals surface area contributed by atoms with Crippen LogP contribution >= 0.6 is 23.4 Å². The minimum absolute atomic E-state index is 0.479. The molecule has 0 bridgehead atoms. The van der Waals surface area contributed by atoms with Crippen LogP contribution in [0.3, 0.4) is 0 Å². The maximum atomic E-state index is 13.4. The molecular formula is C14H11ClF2S. The van der Waals surface area contributed by atoms with E-state index in [1.807, 2.05) is 24.3 Å². The van der Waals surface area contributed by atoms with Gasteiger partial charge in [0, 0.05) is 22.6 Å². The minimum atomic E-state index is -0.548. The first-order valence-electron chi connectivity index (χ1n) is 5.40. The van der Waals surface area contributed by atoms with Crippen molar-refractivity contribution >= 4 is 23.4 Å². The lowest BCUT2D eigenvalue weighted by atomic mass is 10.2. The Morgan fingerprint density at radius 3 is 2.33 bits per heavy atom. The molecule has 2 aromatic carbocycles. The van der Waals surface area contributed by atoms with Crippen LogP contribution in [0.15, 0.2) is 47.4 Å². The first-order chi connectivity index (χ1) is 8.69. The standard InChI is InChI=1S/C14H11ClF2S/c15-8-10-1-5-13(6-2-10)18-9-11-3-4-12(16)7-14(11)17/h1-7H,8-9H2. The lowest BCUT2D eigenvalue weighted by molar-refractivity contribution is 0.576. The summed E-state index contributed by atoms with van der Waals surface area (Å²) >= 11 is 7.20. The molecule has 0 N–H and O–H groups in total. The molecule has 0 aliphatic carbocycles. The summed E-state index contributed by atoms with van der Waals surface area (Å²) in [6, 6.07) is 11.4. The molecule has 4 heteroatoms. The van der Waals surface area contributed by atoms with Gasteiger partial charge in [-0.2, -0.15) is 0 Å². The Hall–Kier alpha value is -1.06. The molecule has 0 aliphatic heterocycles. The second-order valence-corrected chi connectivity index (χ2v) is 5.12. The summed E-state index contributed by atoms with van der Waals surface area (Å²) in [6.45, 7) is 0. The molecule has 0 aromatic heterocycles. The number of alkyl halides is 1. The summed E-state index contributed by atoms with van der Waals surface area (Å²) in [5.41, 5.74) is 1.55. The summed E-state index contributed by atoms with van der Waals surface area (Å²) in [5, 5.41) is 0. The quantitative estimate of drug-likeness (QED) is 0.563. The van der Waals surface area contributed by atoms with Gasteiger partial charge in [-0.1, -0.05) is 18.2 Å². The van der Waals surface area contributed by atoms with Crippen LogP contribution in [-0.4, -0.2) is 0 Å². The van der Waals surface area contributed by atoms with Gasteiger partial charge in [-0.05, 0) is 29.3 Å². The van der Waals surface area contributed by atoms with Crippen molar-refractivity contribution in [2.24, 2.45) is 0 Å². The first kappa shape index (κ1) is 13.4. The van der Waals surface area contributed by atoms with E-state index in [0.29, 0.717) is 17.2 Å². The highest BCUT2D eigenvalue weighted by Crippen LogP contribution is 2.24. The maximum absolute atomic E-state index is 13.4. The van der Waals surface area contributed by atoms with Crippen molar-refractivity contribution in [1.29, 1.82) is 0 Å². The van der Waals surface area contributed by atoms with Crippen LogP contribution in [0.2, 0.25) is 0 Å². The predicted octanol–water partition coefficient (Wildman–Crippen LogP) is 5.00. The van der Waals surface area contributed by atoms with E-state index in [-0.39, 0.29) is 0 Å². The monoisotopic (exact) mass is 284 g/mol. The van der Waals surface area contributed by atoms with E-state index in [2.05, 4.69) is 0 Å². The maximum Gasteiger partial charge on any atom is 0.130 e. The zero-order valence-corrected chi connectivity index (χ0v) is 11.1. The average Bonchev–Trinajstić information content (AvgIpc) is 2.38. The van der Waals surface area contributed by atoms with Crippen molar-refractivity contribution in [2.45, 2.75) is 16.5 Å². The van der Waals surface area contributed by atoms with Gasteiger partial charge in [0.25, 0.3) is 0 Å². The van der Waals surface area contributed by atoms with Crippen molar-refractivity contribution in [1.82, 2.24) is 0 Å². The molecule has 0 saturated carbocycles. The Morgan fingerprint density at radius 1 is 1.00 bits per heavy atom. The summed E-state index contributed by atoms with van der Waals surface area (Å²) < 4.78 is 26.1. The van der Waals surface area contributed by atoms with E-state index in [1.54, 1.807) is 0 Å². The topological polar surface area (TPSA) is 0 Å². The largest absolute Gasteiger partial charge is 0.207 e. The van der Waals surface area contributed by atoms with Gasteiger partial charge in [0.15, 0.2) is 0 Å². The molecule has 2 aromatic rings. The van der Waals surface area contributed by atoms with E-state index >= 15 is 0 Å². The highest BCUT2D eigenvalue weighted by Gasteiger charge is 2.04. The van der Waals surface area contributed by atoms with Crippen molar-refractivity contribution in [2.75, 3.05) is 0 Å². The Bertz CT molecular complexity index is 526. The van der Waals surface area contributed by atoms with Crippen LogP contribution in [0, 0.1) is 11.6 Å². The van der Waals surface area contributed by atoms with Crippen LogP contribution < -0.4 is 0 Å². The Balaban J connectivity index is 2.02. The van der Waals surface area contributed by atoms with Gasteiger partial charge in [-0.15, -0.1) is 23.4 Å². The lowest BCUT2D eigenvalue weighted by Crippen LogP contribution is -1.89. The third kappa shape index (κ3) is 3.47. The number of benzene rings is 2. The Kier molecular flexibility index (Phi) is 4.61. The summed E-state index contributed by atoms with van der Waals surface area (Å²) in [4.78, 5) is 1.03. The number of halogens is 3. The fourth-order valence-electron chi connectivity index (χ4n) is 1.47. The summed E-state index contributed by atoms with van der Waals surface area (Å²) in [5.74, 6) is -0.0863. The molecule has 0 radical (unpaired) electrons. The van der Waals surface area contributed by atoms with Crippen molar-refractivity contribution in [3.63, 3.8) is 0 Å². The van der Waals surface area contributed by atoms with Crippen molar-refractivity contribution in [3.05, 3.63) is 65.2 Å². The lowest BCUT2D eigenvalue weighted by Gasteiger charge is -2.04. The highest BCUT2D eigenvalue weighted by molar-refractivity contribution is 7.98. The molecule has 0 amide bonds. The van der Waals surface area contributed by atoms with Crippen LogP contribution in [0.1, 0.15) is 11.1 Å².